The Hall–Kier alpha value is -1.95. The highest BCUT2D eigenvalue weighted by atomic mass is 35.5. The number of halogens is 1. The van der Waals surface area contributed by atoms with Crippen LogP contribution in [-0.4, -0.2) is 37.1 Å². The maximum atomic E-state index is 12.5. The first kappa shape index (κ1) is 17.5. The number of sulfone groups is 1. The summed E-state index contributed by atoms with van der Waals surface area (Å²) >= 11 is 6.08. The van der Waals surface area contributed by atoms with Crippen LogP contribution in [0, 0.1) is 0 Å². The van der Waals surface area contributed by atoms with Crippen LogP contribution in [0.2, 0.25) is 5.02 Å². The van der Waals surface area contributed by atoms with E-state index in [0.29, 0.717) is 16.5 Å². The summed E-state index contributed by atoms with van der Waals surface area (Å²) in [6, 6.07) is 16.5. The van der Waals surface area contributed by atoms with Gasteiger partial charge in [0.1, 0.15) is 0 Å². The summed E-state index contributed by atoms with van der Waals surface area (Å²) in [7, 11) is -3.25. The Labute approximate surface area is 158 Å². The van der Waals surface area contributed by atoms with E-state index in [-0.39, 0.29) is 5.75 Å². The fourth-order valence-electron chi connectivity index (χ4n) is 3.35. The normalized spacial score (nSPS) is 15.1. The zero-order valence-corrected chi connectivity index (χ0v) is 15.8. The molecule has 0 radical (unpaired) electrons. The Kier molecular flexibility index (Phi) is 4.69. The molecule has 26 heavy (non-hydrogen) atoms. The third-order valence-electron chi connectivity index (χ3n) is 4.78. The van der Waals surface area contributed by atoms with E-state index >= 15 is 0 Å². The molecule has 0 saturated carbocycles. The monoisotopic (exact) mass is 386 g/mol. The van der Waals surface area contributed by atoms with E-state index in [2.05, 4.69) is 11.0 Å². The summed E-state index contributed by atoms with van der Waals surface area (Å²) in [5.41, 5.74) is 3.21. The van der Waals surface area contributed by atoms with E-state index in [0.717, 1.165) is 41.7 Å². The van der Waals surface area contributed by atoms with Crippen molar-refractivity contribution in [3.63, 3.8) is 0 Å². The molecule has 0 amide bonds. The zero-order valence-electron chi connectivity index (χ0n) is 14.2. The summed E-state index contributed by atoms with van der Waals surface area (Å²) in [5, 5.41) is 1.72. The molecule has 0 unspecified atom stereocenters. The van der Waals surface area contributed by atoms with Crippen LogP contribution in [-0.2, 0) is 22.8 Å². The molecule has 0 aliphatic carbocycles. The van der Waals surface area contributed by atoms with E-state index in [1.807, 2.05) is 24.3 Å². The van der Waals surface area contributed by atoms with Crippen LogP contribution in [0.5, 0.6) is 0 Å². The van der Waals surface area contributed by atoms with Gasteiger partial charge < -0.3 is 0 Å². The average Bonchev–Trinajstić information content (AvgIpc) is 2.65. The van der Waals surface area contributed by atoms with Crippen LogP contribution < -0.4 is 0 Å². The van der Waals surface area contributed by atoms with E-state index in [9.17, 15) is 8.42 Å². The molecule has 1 aromatic heterocycles. The molecule has 0 atom stereocenters. The minimum Gasteiger partial charge on any atom is -0.298 e. The number of hydrogen-bond acceptors (Lipinski definition) is 4. The van der Waals surface area contributed by atoms with Crippen molar-refractivity contribution in [1.82, 2.24) is 9.88 Å². The van der Waals surface area contributed by atoms with Gasteiger partial charge in [-0.3, -0.25) is 9.88 Å². The van der Waals surface area contributed by atoms with Gasteiger partial charge in [-0.2, -0.15) is 0 Å². The lowest BCUT2D eigenvalue weighted by atomic mass is 10.0. The van der Waals surface area contributed by atoms with Gasteiger partial charge in [-0.05, 0) is 42.0 Å². The molecule has 6 heteroatoms. The fourth-order valence-corrected chi connectivity index (χ4v) is 4.84. The summed E-state index contributed by atoms with van der Waals surface area (Å²) < 4.78 is 25.0. The van der Waals surface area contributed by atoms with Crippen LogP contribution >= 0.6 is 11.6 Å². The molecular formula is C20H19ClN2O2S. The van der Waals surface area contributed by atoms with Gasteiger partial charge in [-0.1, -0.05) is 29.8 Å². The molecular weight excluding hydrogens is 368 g/mol. The first-order chi connectivity index (χ1) is 12.5. The average molecular weight is 387 g/mol. The predicted octanol–water partition coefficient (Wildman–Crippen LogP) is 3.72. The highest BCUT2D eigenvalue weighted by molar-refractivity contribution is 7.91. The van der Waals surface area contributed by atoms with Crippen LogP contribution in [0.25, 0.3) is 10.9 Å². The number of benzene rings is 2. The molecule has 0 N–H and O–H groups in total. The lowest BCUT2D eigenvalue weighted by molar-refractivity contribution is 0.267. The van der Waals surface area contributed by atoms with Gasteiger partial charge in [0.25, 0.3) is 0 Å². The molecule has 2 heterocycles. The van der Waals surface area contributed by atoms with Crippen LogP contribution in [0.4, 0.5) is 0 Å². The highest BCUT2D eigenvalue weighted by Gasteiger charge is 2.21. The Balaban J connectivity index is 1.50. The SMILES string of the molecule is O=S(=O)(CCN1CCc2nc3ccc(Cl)cc3cc2C1)c1ccccc1. The Morgan fingerprint density at radius 3 is 2.69 bits per heavy atom. The van der Waals surface area contributed by atoms with Crippen molar-refractivity contribution in [3.05, 3.63) is 70.9 Å². The summed E-state index contributed by atoms with van der Waals surface area (Å²) in [6.45, 7) is 2.06. The first-order valence-corrected chi connectivity index (χ1v) is 10.6. The lowest BCUT2D eigenvalue weighted by Gasteiger charge is -2.28. The van der Waals surface area contributed by atoms with Crippen molar-refractivity contribution >= 4 is 32.3 Å². The minimum absolute atomic E-state index is 0.124. The Morgan fingerprint density at radius 1 is 1.08 bits per heavy atom. The van der Waals surface area contributed by atoms with Crippen molar-refractivity contribution in [2.45, 2.75) is 17.9 Å². The van der Waals surface area contributed by atoms with E-state index in [1.165, 1.54) is 0 Å². The zero-order chi connectivity index (χ0) is 18.1. The topological polar surface area (TPSA) is 50.3 Å². The van der Waals surface area contributed by atoms with Crippen molar-refractivity contribution in [1.29, 1.82) is 0 Å². The third-order valence-corrected chi connectivity index (χ3v) is 6.73. The number of pyridine rings is 1. The van der Waals surface area contributed by atoms with Crippen molar-refractivity contribution in [2.75, 3.05) is 18.8 Å². The quantitative estimate of drug-likeness (QED) is 0.685. The predicted molar refractivity (Wildman–Crippen MR) is 104 cm³/mol. The molecule has 1 aliphatic rings. The molecule has 4 nitrogen and oxygen atoms in total. The third kappa shape index (κ3) is 3.61. The van der Waals surface area contributed by atoms with Crippen molar-refractivity contribution in [2.24, 2.45) is 0 Å². The number of fused-ring (bicyclic) bond motifs is 2. The first-order valence-electron chi connectivity index (χ1n) is 8.59. The van der Waals surface area contributed by atoms with Gasteiger partial charge in [0.2, 0.25) is 0 Å². The highest BCUT2D eigenvalue weighted by Crippen LogP contribution is 2.25. The molecule has 0 spiro atoms. The summed E-state index contributed by atoms with van der Waals surface area (Å²) in [4.78, 5) is 7.31. The second-order valence-corrected chi connectivity index (χ2v) is 9.13. The second kappa shape index (κ2) is 6.99. The number of aromatic nitrogens is 1. The van der Waals surface area contributed by atoms with Gasteiger partial charge in [0.05, 0.1) is 16.2 Å². The van der Waals surface area contributed by atoms with Crippen molar-refractivity contribution < 1.29 is 8.42 Å². The molecule has 1 aliphatic heterocycles. The van der Waals surface area contributed by atoms with Gasteiger partial charge in [0, 0.05) is 42.2 Å². The van der Waals surface area contributed by atoms with Gasteiger partial charge in [-0.25, -0.2) is 8.42 Å². The second-order valence-electron chi connectivity index (χ2n) is 6.59. The Bertz CT molecular complexity index is 1050. The standard InChI is InChI=1S/C20H19ClN2O2S/c21-17-6-7-19-15(13-17)12-16-14-23(9-8-20(16)22-19)10-11-26(24,25)18-4-2-1-3-5-18/h1-7,12-13H,8-11,14H2. The molecule has 0 fully saturated rings. The van der Waals surface area contributed by atoms with Crippen molar-refractivity contribution in [3.8, 4) is 0 Å². The van der Waals surface area contributed by atoms with E-state index in [4.69, 9.17) is 16.6 Å². The van der Waals surface area contributed by atoms with Gasteiger partial charge in [0.15, 0.2) is 9.84 Å². The summed E-state index contributed by atoms with van der Waals surface area (Å²) in [5.74, 6) is 0.124. The maximum Gasteiger partial charge on any atom is 0.179 e. The number of nitrogens with zero attached hydrogens (tertiary/aromatic N) is 2. The molecule has 4 rings (SSSR count). The van der Waals surface area contributed by atoms with Gasteiger partial charge in [-0.15, -0.1) is 0 Å². The smallest absolute Gasteiger partial charge is 0.179 e. The Morgan fingerprint density at radius 2 is 1.88 bits per heavy atom. The molecule has 0 saturated heterocycles. The molecule has 0 bridgehead atoms. The lowest BCUT2D eigenvalue weighted by Crippen LogP contribution is -2.34. The molecule has 3 aromatic rings. The van der Waals surface area contributed by atoms with Crippen LogP contribution in [0.15, 0.2) is 59.5 Å². The van der Waals surface area contributed by atoms with Crippen LogP contribution in [0.3, 0.4) is 0 Å². The van der Waals surface area contributed by atoms with Gasteiger partial charge >= 0.3 is 0 Å². The van der Waals surface area contributed by atoms with Crippen LogP contribution in [0.1, 0.15) is 11.3 Å². The fraction of sp³-hybridized carbons (Fsp3) is 0.250. The molecule has 134 valence electrons. The molecule has 2 aromatic carbocycles. The minimum atomic E-state index is -3.25. The maximum absolute atomic E-state index is 12.5. The van der Waals surface area contributed by atoms with E-state index in [1.54, 1.807) is 24.3 Å². The largest absolute Gasteiger partial charge is 0.298 e. The van der Waals surface area contributed by atoms with E-state index < -0.39 is 9.84 Å². The summed E-state index contributed by atoms with van der Waals surface area (Å²) in [6.07, 6.45) is 0.833. The number of hydrogen-bond donors (Lipinski definition) is 0. The number of rotatable bonds is 4.